The summed E-state index contributed by atoms with van der Waals surface area (Å²) < 4.78 is 0. The molecule has 3 aromatic rings. The van der Waals surface area contributed by atoms with E-state index in [-0.39, 0.29) is 24.3 Å². The molecule has 7 nitrogen and oxygen atoms in total. The summed E-state index contributed by atoms with van der Waals surface area (Å²) >= 11 is 0. The molecule has 0 heterocycles. The highest BCUT2D eigenvalue weighted by atomic mass is 16.2. The molecule has 3 rings (SSSR count). The van der Waals surface area contributed by atoms with Gasteiger partial charge in [-0.25, -0.2) is 0 Å². The fraction of sp³-hybridized carbons (Fsp3) is 0.222. The Balaban J connectivity index is 1.40. The topological polar surface area (TPSA) is 99.3 Å². The zero-order chi connectivity index (χ0) is 24.2. The zero-order valence-electron chi connectivity index (χ0n) is 19.3. The van der Waals surface area contributed by atoms with E-state index in [9.17, 15) is 14.4 Å². The van der Waals surface area contributed by atoms with Gasteiger partial charge in [0.1, 0.15) is 0 Å². The summed E-state index contributed by atoms with van der Waals surface area (Å²) in [5.41, 5.74) is 3.76. The summed E-state index contributed by atoms with van der Waals surface area (Å²) in [5, 5.41) is 11.5. The van der Waals surface area contributed by atoms with Crippen LogP contribution in [0.1, 0.15) is 35.7 Å². The van der Waals surface area contributed by atoms with Gasteiger partial charge in [0, 0.05) is 35.6 Å². The van der Waals surface area contributed by atoms with E-state index in [0.717, 1.165) is 17.7 Å². The molecular formula is C27H30N4O3. The van der Waals surface area contributed by atoms with Crippen LogP contribution in [0.25, 0.3) is 0 Å². The number of aryl methyl sites for hydroxylation is 1. The minimum atomic E-state index is -0.204. The van der Waals surface area contributed by atoms with Gasteiger partial charge in [0.15, 0.2) is 0 Å². The number of benzene rings is 3. The van der Waals surface area contributed by atoms with E-state index in [1.807, 2.05) is 37.3 Å². The van der Waals surface area contributed by atoms with Crippen molar-refractivity contribution in [3.8, 4) is 0 Å². The number of anilines is 3. The van der Waals surface area contributed by atoms with Gasteiger partial charge in [0.05, 0.1) is 6.54 Å². The molecular weight excluding hydrogens is 428 g/mol. The van der Waals surface area contributed by atoms with Crippen LogP contribution in [0.3, 0.4) is 0 Å². The van der Waals surface area contributed by atoms with Crippen molar-refractivity contribution in [2.75, 3.05) is 29.0 Å². The van der Waals surface area contributed by atoms with Crippen LogP contribution in [0.5, 0.6) is 0 Å². The van der Waals surface area contributed by atoms with Gasteiger partial charge >= 0.3 is 0 Å². The maximum atomic E-state index is 12.3. The molecule has 34 heavy (non-hydrogen) atoms. The van der Waals surface area contributed by atoms with Crippen molar-refractivity contribution in [1.82, 2.24) is 5.32 Å². The molecule has 0 unspecified atom stereocenters. The minimum absolute atomic E-state index is 0.0568. The van der Waals surface area contributed by atoms with Crippen molar-refractivity contribution in [2.45, 2.75) is 26.2 Å². The normalized spacial score (nSPS) is 10.3. The van der Waals surface area contributed by atoms with Gasteiger partial charge in [-0.05, 0) is 66.9 Å². The number of carbonyl (C=O) groups is 3. The standard InChI is InChI=1S/C27H30N4O3/c1-2-18-28-27(34)21-9-11-22(12-10-21)29-19-26(33)31-24-15-13-23(14-16-24)30-25(32)17-8-20-6-4-3-5-7-20/h3-7,9-16,29H,2,8,17-19H2,1H3,(H,28,34)(H,30,32)(H,31,33). The Bertz CT molecular complexity index is 1080. The fourth-order valence-electron chi connectivity index (χ4n) is 3.23. The maximum Gasteiger partial charge on any atom is 0.251 e. The van der Waals surface area contributed by atoms with Crippen molar-refractivity contribution in [3.05, 3.63) is 90.0 Å². The van der Waals surface area contributed by atoms with Crippen LogP contribution in [0.15, 0.2) is 78.9 Å². The minimum Gasteiger partial charge on any atom is -0.376 e. The number of carbonyl (C=O) groups excluding carboxylic acids is 3. The highest BCUT2D eigenvalue weighted by Crippen LogP contribution is 2.15. The molecule has 3 amide bonds. The van der Waals surface area contributed by atoms with Crippen LogP contribution in [0, 0.1) is 0 Å². The average Bonchev–Trinajstić information content (AvgIpc) is 2.87. The van der Waals surface area contributed by atoms with Crippen molar-refractivity contribution in [3.63, 3.8) is 0 Å². The van der Waals surface area contributed by atoms with Crippen LogP contribution >= 0.6 is 0 Å². The molecule has 0 aliphatic carbocycles. The molecule has 176 valence electrons. The monoisotopic (exact) mass is 458 g/mol. The van der Waals surface area contributed by atoms with Gasteiger partial charge in [-0.1, -0.05) is 37.3 Å². The van der Waals surface area contributed by atoms with Crippen LogP contribution in [0.4, 0.5) is 17.1 Å². The third-order valence-corrected chi connectivity index (χ3v) is 5.07. The lowest BCUT2D eigenvalue weighted by Gasteiger charge is -2.10. The fourth-order valence-corrected chi connectivity index (χ4v) is 3.23. The van der Waals surface area contributed by atoms with E-state index < -0.39 is 0 Å². The van der Waals surface area contributed by atoms with Crippen LogP contribution in [-0.2, 0) is 16.0 Å². The lowest BCUT2D eigenvalue weighted by Crippen LogP contribution is -2.24. The summed E-state index contributed by atoms with van der Waals surface area (Å²) in [7, 11) is 0. The second-order valence-corrected chi connectivity index (χ2v) is 7.85. The molecule has 7 heteroatoms. The Morgan fingerprint density at radius 3 is 1.91 bits per heavy atom. The Morgan fingerprint density at radius 1 is 0.706 bits per heavy atom. The molecule has 0 bridgehead atoms. The number of hydrogen-bond donors (Lipinski definition) is 4. The summed E-state index contributed by atoms with van der Waals surface area (Å²) in [6.07, 6.45) is 1.97. The first kappa shape index (κ1) is 24.5. The second-order valence-electron chi connectivity index (χ2n) is 7.85. The number of nitrogens with one attached hydrogen (secondary N) is 4. The molecule has 0 saturated heterocycles. The number of hydrogen-bond acceptors (Lipinski definition) is 4. The van der Waals surface area contributed by atoms with E-state index in [4.69, 9.17) is 0 Å². The lowest BCUT2D eigenvalue weighted by molar-refractivity contribution is -0.116. The lowest BCUT2D eigenvalue weighted by atomic mass is 10.1. The predicted octanol–water partition coefficient (Wildman–Crippen LogP) is 4.45. The van der Waals surface area contributed by atoms with Crippen molar-refractivity contribution in [1.29, 1.82) is 0 Å². The molecule has 0 aliphatic heterocycles. The summed E-state index contributed by atoms with van der Waals surface area (Å²) in [5.74, 6) is -0.370. The highest BCUT2D eigenvalue weighted by Gasteiger charge is 2.07. The van der Waals surface area contributed by atoms with Gasteiger partial charge in [0.2, 0.25) is 11.8 Å². The summed E-state index contributed by atoms with van der Waals surface area (Å²) in [6.45, 7) is 2.72. The Kier molecular flexibility index (Phi) is 9.22. The summed E-state index contributed by atoms with van der Waals surface area (Å²) in [6, 6.07) is 23.8. The Morgan fingerprint density at radius 2 is 1.29 bits per heavy atom. The van der Waals surface area contributed by atoms with Crippen molar-refractivity contribution in [2.24, 2.45) is 0 Å². The van der Waals surface area contributed by atoms with Crippen LogP contribution < -0.4 is 21.3 Å². The molecule has 0 spiro atoms. The van der Waals surface area contributed by atoms with Crippen LogP contribution in [0.2, 0.25) is 0 Å². The quantitative estimate of drug-likeness (QED) is 0.341. The maximum absolute atomic E-state index is 12.3. The van der Waals surface area contributed by atoms with Crippen LogP contribution in [-0.4, -0.2) is 30.8 Å². The Hall–Kier alpha value is -4.13. The third kappa shape index (κ3) is 8.09. The molecule has 0 fully saturated rings. The molecule has 4 N–H and O–H groups in total. The molecule has 0 aromatic heterocycles. The van der Waals surface area contributed by atoms with E-state index in [2.05, 4.69) is 21.3 Å². The molecule has 0 aliphatic rings. The highest BCUT2D eigenvalue weighted by molar-refractivity contribution is 5.96. The van der Waals surface area contributed by atoms with E-state index in [0.29, 0.717) is 36.3 Å². The molecule has 0 saturated carbocycles. The van der Waals surface area contributed by atoms with Gasteiger partial charge in [0.25, 0.3) is 5.91 Å². The van der Waals surface area contributed by atoms with Gasteiger partial charge in [-0.15, -0.1) is 0 Å². The predicted molar refractivity (Wildman–Crippen MR) is 136 cm³/mol. The second kappa shape index (κ2) is 12.8. The van der Waals surface area contributed by atoms with Gasteiger partial charge in [-0.2, -0.15) is 0 Å². The van der Waals surface area contributed by atoms with E-state index in [1.54, 1.807) is 48.5 Å². The zero-order valence-corrected chi connectivity index (χ0v) is 19.3. The first-order chi connectivity index (χ1) is 16.5. The van der Waals surface area contributed by atoms with E-state index in [1.165, 1.54) is 0 Å². The first-order valence-corrected chi connectivity index (χ1v) is 11.4. The van der Waals surface area contributed by atoms with Crippen molar-refractivity contribution < 1.29 is 14.4 Å². The molecule has 3 aromatic carbocycles. The van der Waals surface area contributed by atoms with Gasteiger partial charge < -0.3 is 21.3 Å². The van der Waals surface area contributed by atoms with Gasteiger partial charge in [-0.3, -0.25) is 14.4 Å². The number of rotatable bonds is 11. The SMILES string of the molecule is CCCNC(=O)c1ccc(NCC(=O)Nc2ccc(NC(=O)CCc3ccccc3)cc2)cc1. The Labute approximate surface area is 200 Å². The smallest absolute Gasteiger partial charge is 0.251 e. The summed E-state index contributed by atoms with van der Waals surface area (Å²) in [4.78, 5) is 36.4. The molecule has 0 atom stereocenters. The largest absolute Gasteiger partial charge is 0.376 e. The molecule has 0 radical (unpaired) electrons. The van der Waals surface area contributed by atoms with Crippen molar-refractivity contribution >= 4 is 34.8 Å². The average molecular weight is 459 g/mol. The number of amides is 3. The third-order valence-electron chi connectivity index (χ3n) is 5.07. The van der Waals surface area contributed by atoms with E-state index >= 15 is 0 Å². The first-order valence-electron chi connectivity index (χ1n) is 11.4.